The molecule has 1 amide bonds. The number of nitrogens with one attached hydrogen (secondary N) is 1. The lowest BCUT2D eigenvalue weighted by Gasteiger charge is -2.33. The number of carbonyl (C=O) groups excluding carboxylic acids is 2. The number of nitrogens with zero attached hydrogens (tertiary/aromatic N) is 1. The lowest BCUT2D eigenvalue weighted by atomic mass is 9.95. The highest BCUT2D eigenvalue weighted by molar-refractivity contribution is 5.89. The van der Waals surface area contributed by atoms with E-state index in [4.69, 9.17) is 0 Å². The number of amides is 1. The zero-order valence-electron chi connectivity index (χ0n) is 14.9. The fourth-order valence-electron chi connectivity index (χ4n) is 3.44. The molecule has 1 aliphatic rings. The third kappa shape index (κ3) is 4.12. The summed E-state index contributed by atoms with van der Waals surface area (Å²) in [6.07, 6.45) is 2.13. The molecule has 0 saturated carbocycles. The minimum atomic E-state index is -0.397. The van der Waals surface area contributed by atoms with E-state index in [1.807, 2.05) is 13.8 Å². The van der Waals surface area contributed by atoms with E-state index in [0.29, 0.717) is 6.54 Å². The Morgan fingerprint density at radius 3 is 2.57 bits per heavy atom. The number of aryl methyl sites for hydroxylation is 2. The summed E-state index contributed by atoms with van der Waals surface area (Å²) in [4.78, 5) is 26.2. The van der Waals surface area contributed by atoms with Gasteiger partial charge in [-0.2, -0.15) is 0 Å². The molecule has 1 atom stereocenters. The first-order chi connectivity index (χ1) is 10.8. The summed E-state index contributed by atoms with van der Waals surface area (Å²) in [6, 6.07) is 3.97. The van der Waals surface area contributed by atoms with Crippen molar-refractivity contribution in [1.82, 2.24) is 5.32 Å². The Hall–Kier alpha value is -1.84. The number of carbonyl (C=O) groups is 2. The monoisotopic (exact) mass is 316 g/mol. The molecule has 0 aliphatic carbocycles. The number of fused-ring (bicyclic) bond motifs is 1. The van der Waals surface area contributed by atoms with E-state index in [1.54, 1.807) is 0 Å². The molecule has 1 aromatic rings. The van der Waals surface area contributed by atoms with Crippen molar-refractivity contribution in [3.8, 4) is 0 Å². The van der Waals surface area contributed by atoms with Gasteiger partial charge in [-0.05, 0) is 62.3 Å². The quantitative estimate of drug-likeness (QED) is 0.909. The van der Waals surface area contributed by atoms with Gasteiger partial charge < -0.3 is 10.2 Å². The lowest BCUT2D eigenvalue weighted by molar-refractivity contribution is -0.127. The molecule has 0 saturated heterocycles. The number of benzene rings is 1. The van der Waals surface area contributed by atoms with Crippen molar-refractivity contribution in [3.63, 3.8) is 0 Å². The maximum absolute atomic E-state index is 12.4. The number of rotatable bonds is 5. The van der Waals surface area contributed by atoms with E-state index in [-0.39, 0.29) is 17.6 Å². The van der Waals surface area contributed by atoms with Gasteiger partial charge in [0, 0.05) is 12.2 Å². The molecule has 1 aromatic carbocycles. The number of ketones is 1. The van der Waals surface area contributed by atoms with Crippen LogP contribution >= 0.6 is 0 Å². The summed E-state index contributed by atoms with van der Waals surface area (Å²) < 4.78 is 0. The Kier molecular flexibility index (Phi) is 5.45. The molecule has 126 valence electrons. The van der Waals surface area contributed by atoms with Crippen LogP contribution in [0, 0.1) is 19.8 Å². The van der Waals surface area contributed by atoms with E-state index in [1.165, 1.54) is 29.3 Å². The van der Waals surface area contributed by atoms with Crippen molar-refractivity contribution < 1.29 is 9.59 Å². The van der Waals surface area contributed by atoms with E-state index in [0.717, 1.165) is 19.4 Å². The zero-order chi connectivity index (χ0) is 17.1. The van der Waals surface area contributed by atoms with Crippen LogP contribution in [-0.2, 0) is 16.0 Å². The fraction of sp³-hybridized carbons (Fsp3) is 0.579. The van der Waals surface area contributed by atoms with Gasteiger partial charge in [0.05, 0.1) is 12.6 Å². The first kappa shape index (κ1) is 17.5. The van der Waals surface area contributed by atoms with Crippen molar-refractivity contribution in [2.75, 3.05) is 18.0 Å². The SMILES string of the molecule is CC(=O)C(NC(=O)CN1CCCc2c(C)cc(C)cc21)C(C)C. The normalized spacial score (nSPS) is 15.3. The first-order valence-electron chi connectivity index (χ1n) is 8.44. The minimum Gasteiger partial charge on any atom is -0.362 e. The van der Waals surface area contributed by atoms with Gasteiger partial charge in [-0.1, -0.05) is 19.9 Å². The Balaban J connectivity index is 2.13. The predicted molar refractivity (Wildman–Crippen MR) is 93.9 cm³/mol. The largest absolute Gasteiger partial charge is 0.362 e. The van der Waals surface area contributed by atoms with E-state index < -0.39 is 6.04 Å². The second-order valence-electron chi connectivity index (χ2n) is 7.00. The van der Waals surface area contributed by atoms with Crippen molar-refractivity contribution in [1.29, 1.82) is 0 Å². The molecule has 1 N–H and O–H groups in total. The van der Waals surface area contributed by atoms with Crippen molar-refractivity contribution in [2.24, 2.45) is 5.92 Å². The molecule has 0 radical (unpaired) electrons. The van der Waals surface area contributed by atoms with E-state index in [9.17, 15) is 9.59 Å². The van der Waals surface area contributed by atoms with Gasteiger partial charge in [0.2, 0.25) is 5.91 Å². The summed E-state index contributed by atoms with van der Waals surface area (Å²) in [6.45, 7) is 10.9. The van der Waals surface area contributed by atoms with Gasteiger partial charge in [-0.15, -0.1) is 0 Å². The molecule has 1 unspecified atom stereocenters. The van der Waals surface area contributed by atoms with Crippen LogP contribution in [0.3, 0.4) is 0 Å². The van der Waals surface area contributed by atoms with Crippen LogP contribution < -0.4 is 10.2 Å². The average molecular weight is 316 g/mol. The summed E-state index contributed by atoms with van der Waals surface area (Å²) >= 11 is 0. The second kappa shape index (κ2) is 7.16. The molecular formula is C19H28N2O2. The number of anilines is 1. The van der Waals surface area contributed by atoms with Crippen LogP contribution in [0.4, 0.5) is 5.69 Å². The molecule has 0 bridgehead atoms. The molecule has 4 heteroatoms. The number of hydrogen-bond donors (Lipinski definition) is 1. The third-order valence-corrected chi connectivity index (χ3v) is 4.54. The van der Waals surface area contributed by atoms with Crippen LogP contribution in [0.15, 0.2) is 12.1 Å². The average Bonchev–Trinajstić information content (AvgIpc) is 2.45. The standard InChI is InChI=1S/C19H28N2O2/c1-12(2)19(15(5)22)20-18(23)11-21-8-6-7-16-14(4)9-13(3)10-17(16)21/h9-10,12,19H,6-8,11H2,1-5H3,(H,20,23). The van der Waals surface area contributed by atoms with Gasteiger partial charge in [-0.25, -0.2) is 0 Å². The summed E-state index contributed by atoms with van der Waals surface area (Å²) in [5.74, 6) is 0.0413. The third-order valence-electron chi connectivity index (χ3n) is 4.54. The van der Waals surface area contributed by atoms with Crippen molar-refractivity contribution >= 4 is 17.4 Å². The Labute approximate surface area is 139 Å². The van der Waals surface area contributed by atoms with Crippen molar-refractivity contribution in [3.05, 3.63) is 28.8 Å². The minimum absolute atomic E-state index is 0.0130. The van der Waals surface area contributed by atoms with Crippen LogP contribution in [-0.4, -0.2) is 30.8 Å². The molecule has 2 rings (SSSR count). The highest BCUT2D eigenvalue weighted by atomic mass is 16.2. The van der Waals surface area contributed by atoms with Gasteiger partial charge >= 0.3 is 0 Å². The number of hydrogen-bond acceptors (Lipinski definition) is 3. The molecule has 4 nitrogen and oxygen atoms in total. The molecule has 0 spiro atoms. The van der Waals surface area contributed by atoms with Gasteiger partial charge in [0.1, 0.15) is 0 Å². The van der Waals surface area contributed by atoms with Gasteiger partial charge in [0.25, 0.3) is 0 Å². The van der Waals surface area contributed by atoms with Crippen LogP contribution in [0.5, 0.6) is 0 Å². The van der Waals surface area contributed by atoms with Crippen LogP contribution in [0.1, 0.15) is 43.9 Å². The zero-order valence-corrected chi connectivity index (χ0v) is 14.9. The first-order valence-corrected chi connectivity index (χ1v) is 8.44. The summed E-state index contributed by atoms with van der Waals surface area (Å²) in [5.41, 5.74) is 5.04. The molecule has 0 aromatic heterocycles. The maximum Gasteiger partial charge on any atom is 0.240 e. The van der Waals surface area contributed by atoms with E-state index >= 15 is 0 Å². The molecule has 1 heterocycles. The Bertz CT molecular complexity index is 608. The molecule has 23 heavy (non-hydrogen) atoms. The highest BCUT2D eigenvalue weighted by Gasteiger charge is 2.24. The van der Waals surface area contributed by atoms with Gasteiger partial charge in [-0.3, -0.25) is 9.59 Å². The predicted octanol–water partition coefficient (Wildman–Crippen LogP) is 2.79. The number of Topliss-reactive ketones (excluding diaryl/α,β-unsaturated/α-hetero) is 1. The summed E-state index contributed by atoms with van der Waals surface area (Å²) in [5, 5.41) is 2.89. The molecule has 0 fully saturated rings. The Morgan fingerprint density at radius 1 is 1.26 bits per heavy atom. The molecule has 1 aliphatic heterocycles. The fourth-order valence-corrected chi connectivity index (χ4v) is 3.44. The summed E-state index contributed by atoms with van der Waals surface area (Å²) in [7, 11) is 0. The smallest absolute Gasteiger partial charge is 0.240 e. The second-order valence-corrected chi connectivity index (χ2v) is 7.00. The lowest BCUT2D eigenvalue weighted by Crippen LogP contribution is -2.48. The Morgan fingerprint density at radius 2 is 1.96 bits per heavy atom. The topological polar surface area (TPSA) is 49.4 Å². The molecular weight excluding hydrogens is 288 g/mol. The highest BCUT2D eigenvalue weighted by Crippen LogP contribution is 2.30. The van der Waals surface area contributed by atoms with Crippen molar-refractivity contribution in [2.45, 2.75) is 53.5 Å². The van der Waals surface area contributed by atoms with Gasteiger partial charge in [0.15, 0.2) is 5.78 Å². The van der Waals surface area contributed by atoms with E-state index in [2.05, 4.69) is 36.2 Å². The van der Waals surface area contributed by atoms with Crippen LogP contribution in [0.25, 0.3) is 0 Å². The maximum atomic E-state index is 12.4. The van der Waals surface area contributed by atoms with Crippen LogP contribution in [0.2, 0.25) is 0 Å².